The summed E-state index contributed by atoms with van der Waals surface area (Å²) in [5, 5.41) is 6.85. The van der Waals surface area contributed by atoms with Crippen molar-refractivity contribution in [3.63, 3.8) is 0 Å². The molecule has 2 heterocycles. The smallest absolute Gasteiger partial charge is 0.191 e. The van der Waals surface area contributed by atoms with Gasteiger partial charge in [-0.05, 0) is 51.8 Å². The van der Waals surface area contributed by atoms with Crippen molar-refractivity contribution in [2.45, 2.75) is 57.2 Å². The number of fused-ring (bicyclic) bond motifs is 2. The van der Waals surface area contributed by atoms with E-state index in [2.05, 4.69) is 27.6 Å². The number of nitrogens with zero attached hydrogens (tertiary/aromatic N) is 2. The number of benzene rings is 1. The van der Waals surface area contributed by atoms with Gasteiger partial charge in [-0.3, -0.25) is 0 Å². The van der Waals surface area contributed by atoms with Crippen LogP contribution in [-0.4, -0.2) is 55.7 Å². The number of halogens is 2. The summed E-state index contributed by atoms with van der Waals surface area (Å²) < 4.78 is 31.6. The molecule has 0 radical (unpaired) electrons. The molecule has 2 saturated heterocycles. The molecule has 2 unspecified atom stereocenters. The average molecular weight is 380 g/mol. The summed E-state index contributed by atoms with van der Waals surface area (Å²) in [5.74, 6) is -0.676. The maximum atomic E-state index is 13.2. The summed E-state index contributed by atoms with van der Waals surface area (Å²) in [5.41, 5.74) is 0. The fourth-order valence-electron chi connectivity index (χ4n) is 4.13. The summed E-state index contributed by atoms with van der Waals surface area (Å²) in [6.07, 6.45) is 6.18. The second kappa shape index (κ2) is 9.35. The molecule has 1 aromatic rings. The maximum Gasteiger partial charge on any atom is 0.191 e. The monoisotopic (exact) mass is 380 g/mol. The fourth-order valence-corrected chi connectivity index (χ4v) is 4.13. The molecule has 3 rings (SSSR count). The number of rotatable bonds is 6. The minimum Gasteiger partial charge on any atom is -0.492 e. The molecule has 0 spiro atoms. The van der Waals surface area contributed by atoms with Crippen LogP contribution >= 0.6 is 0 Å². The molecular weight excluding hydrogens is 350 g/mol. The van der Waals surface area contributed by atoms with Crippen molar-refractivity contribution >= 4 is 5.96 Å². The lowest BCUT2D eigenvalue weighted by molar-refractivity contribution is 0.0526. The first-order valence-corrected chi connectivity index (χ1v) is 9.91. The molecule has 2 aliphatic rings. The van der Waals surface area contributed by atoms with Gasteiger partial charge >= 0.3 is 0 Å². The highest BCUT2D eigenvalue weighted by Gasteiger charge is 2.36. The second-order valence-corrected chi connectivity index (χ2v) is 7.40. The highest BCUT2D eigenvalue weighted by atomic mass is 19.2. The van der Waals surface area contributed by atoms with Gasteiger partial charge in [-0.25, -0.2) is 13.8 Å². The first kappa shape index (κ1) is 19.9. The average Bonchev–Trinajstić information content (AvgIpc) is 2.62. The van der Waals surface area contributed by atoms with E-state index >= 15 is 0 Å². The summed E-state index contributed by atoms with van der Waals surface area (Å²) in [7, 11) is 2.25. The Balaban J connectivity index is 1.49. The van der Waals surface area contributed by atoms with Gasteiger partial charge in [0.05, 0.1) is 6.54 Å². The zero-order chi connectivity index (χ0) is 19.2. The highest BCUT2D eigenvalue weighted by Crippen LogP contribution is 2.32. The van der Waals surface area contributed by atoms with E-state index in [0.717, 1.165) is 37.5 Å². The lowest BCUT2D eigenvalue weighted by Crippen LogP contribution is -2.56. The Morgan fingerprint density at radius 3 is 2.63 bits per heavy atom. The van der Waals surface area contributed by atoms with Crippen LogP contribution in [0.25, 0.3) is 0 Å². The van der Waals surface area contributed by atoms with Crippen molar-refractivity contribution in [1.82, 2.24) is 15.5 Å². The molecule has 2 bridgehead atoms. The molecule has 0 aliphatic carbocycles. The van der Waals surface area contributed by atoms with Crippen LogP contribution in [0.4, 0.5) is 8.78 Å². The number of hydrogen-bond acceptors (Lipinski definition) is 3. The zero-order valence-electron chi connectivity index (χ0n) is 16.2. The lowest BCUT2D eigenvalue weighted by atomic mass is 9.82. The van der Waals surface area contributed by atoms with E-state index in [0.29, 0.717) is 37.0 Å². The topological polar surface area (TPSA) is 48.9 Å². The van der Waals surface area contributed by atoms with E-state index in [1.165, 1.54) is 25.3 Å². The van der Waals surface area contributed by atoms with E-state index < -0.39 is 11.6 Å². The summed E-state index contributed by atoms with van der Waals surface area (Å²) >= 11 is 0. The number of piperidine rings is 2. The van der Waals surface area contributed by atoms with E-state index in [1.54, 1.807) is 0 Å². The standard InChI is InChI=1S/C20H30F2N4O/c1-3-23-20(24-9-10-27-17-7-8-18(21)19(22)13-17)25-14-11-15-5-4-6-16(12-14)26(15)2/h7-8,13-16H,3-6,9-12H2,1-2H3,(H2,23,24,25). The van der Waals surface area contributed by atoms with Crippen LogP contribution < -0.4 is 15.4 Å². The van der Waals surface area contributed by atoms with Crippen LogP contribution in [-0.2, 0) is 0 Å². The van der Waals surface area contributed by atoms with Crippen LogP contribution in [0.15, 0.2) is 23.2 Å². The third-order valence-electron chi connectivity index (χ3n) is 5.55. The summed E-state index contributed by atoms with van der Waals surface area (Å²) in [6, 6.07) is 5.30. The molecule has 2 atom stereocenters. The molecule has 7 heteroatoms. The maximum absolute atomic E-state index is 13.2. The lowest BCUT2D eigenvalue weighted by Gasteiger charge is -2.47. The van der Waals surface area contributed by atoms with Crippen LogP contribution in [0.3, 0.4) is 0 Å². The number of hydrogen-bond donors (Lipinski definition) is 2. The van der Waals surface area contributed by atoms with Gasteiger partial charge in [-0.1, -0.05) is 6.42 Å². The SMILES string of the molecule is CCNC(=NCCOc1ccc(F)c(F)c1)NC1CC2CCCC(C1)N2C. The molecule has 2 fully saturated rings. The van der Waals surface area contributed by atoms with Gasteiger partial charge in [0.25, 0.3) is 0 Å². The van der Waals surface area contributed by atoms with Crippen molar-refractivity contribution in [3.05, 3.63) is 29.8 Å². The Morgan fingerprint density at radius 1 is 1.22 bits per heavy atom. The van der Waals surface area contributed by atoms with E-state index in [9.17, 15) is 8.78 Å². The Labute approximate surface area is 160 Å². The predicted molar refractivity (Wildman–Crippen MR) is 103 cm³/mol. The third-order valence-corrected chi connectivity index (χ3v) is 5.55. The minimum atomic E-state index is -0.904. The Bertz CT molecular complexity index is 641. The van der Waals surface area contributed by atoms with Crippen molar-refractivity contribution in [2.24, 2.45) is 4.99 Å². The van der Waals surface area contributed by atoms with Gasteiger partial charge in [0, 0.05) is 30.7 Å². The van der Waals surface area contributed by atoms with Gasteiger partial charge < -0.3 is 20.3 Å². The van der Waals surface area contributed by atoms with E-state index in [-0.39, 0.29) is 0 Å². The van der Waals surface area contributed by atoms with Crippen molar-refractivity contribution in [3.8, 4) is 5.75 Å². The molecule has 27 heavy (non-hydrogen) atoms. The Hall–Kier alpha value is -1.89. The van der Waals surface area contributed by atoms with Gasteiger partial charge in [0.15, 0.2) is 17.6 Å². The minimum absolute atomic E-state index is 0.306. The molecule has 0 aromatic heterocycles. The summed E-state index contributed by atoms with van der Waals surface area (Å²) in [4.78, 5) is 7.11. The first-order valence-electron chi connectivity index (χ1n) is 9.91. The van der Waals surface area contributed by atoms with Gasteiger partial charge in [-0.15, -0.1) is 0 Å². The molecule has 0 saturated carbocycles. The van der Waals surface area contributed by atoms with E-state index in [4.69, 9.17) is 4.74 Å². The van der Waals surface area contributed by atoms with Crippen LogP contribution in [0.2, 0.25) is 0 Å². The number of nitrogens with one attached hydrogen (secondary N) is 2. The second-order valence-electron chi connectivity index (χ2n) is 7.40. The molecule has 5 nitrogen and oxygen atoms in total. The van der Waals surface area contributed by atoms with Gasteiger partial charge in [0.2, 0.25) is 0 Å². The molecule has 2 N–H and O–H groups in total. The molecule has 2 aliphatic heterocycles. The molecule has 1 aromatic carbocycles. The van der Waals surface area contributed by atoms with Crippen LogP contribution in [0.5, 0.6) is 5.75 Å². The van der Waals surface area contributed by atoms with Crippen molar-refractivity contribution < 1.29 is 13.5 Å². The summed E-state index contributed by atoms with van der Waals surface area (Å²) in [6.45, 7) is 3.57. The number of aliphatic imine (C=N–C) groups is 1. The molecule has 150 valence electrons. The predicted octanol–water partition coefficient (Wildman–Crippen LogP) is 2.91. The third kappa shape index (κ3) is 5.31. The number of ether oxygens (including phenoxy) is 1. The van der Waals surface area contributed by atoms with Gasteiger partial charge in [0.1, 0.15) is 12.4 Å². The molecular formula is C20H30F2N4O. The first-order chi connectivity index (χ1) is 13.1. The Morgan fingerprint density at radius 2 is 1.96 bits per heavy atom. The van der Waals surface area contributed by atoms with Crippen LogP contribution in [0.1, 0.15) is 39.0 Å². The molecule has 0 amide bonds. The quantitative estimate of drug-likeness (QED) is 0.453. The Kier molecular flexibility index (Phi) is 6.88. The fraction of sp³-hybridized carbons (Fsp3) is 0.650. The van der Waals surface area contributed by atoms with Gasteiger partial charge in [-0.2, -0.15) is 0 Å². The van der Waals surface area contributed by atoms with Crippen molar-refractivity contribution in [2.75, 3.05) is 26.7 Å². The van der Waals surface area contributed by atoms with E-state index in [1.807, 2.05) is 6.92 Å². The normalized spacial score (nSPS) is 25.9. The van der Waals surface area contributed by atoms with Crippen LogP contribution in [0, 0.1) is 11.6 Å². The number of guanidine groups is 1. The largest absolute Gasteiger partial charge is 0.492 e. The zero-order valence-corrected chi connectivity index (χ0v) is 16.2. The van der Waals surface area contributed by atoms with Crippen molar-refractivity contribution in [1.29, 1.82) is 0 Å². The highest BCUT2D eigenvalue weighted by molar-refractivity contribution is 5.80.